The molecule has 0 N–H and O–H groups in total. The number of benzene rings is 11. The molecule has 0 atom stereocenters. The zero-order valence-electron chi connectivity index (χ0n) is 45.5. The van der Waals surface area contributed by atoms with E-state index in [-0.39, 0.29) is 5.41 Å². The van der Waals surface area contributed by atoms with Crippen molar-refractivity contribution in [3.8, 4) is 95.5 Å². The number of fused-ring (bicyclic) bond motifs is 20. The summed E-state index contributed by atoms with van der Waals surface area (Å²) >= 11 is 0. The number of ether oxygens (including phenoxy) is 1. The normalized spacial score (nSPS) is 13.2. The van der Waals surface area contributed by atoms with Gasteiger partial charge in [-0.1, -0.05) is 203 Å². The molecule has 0 radical (unpaired) electrons. The Morgan fingerprint density at radius 3 is 1.67 bits per heavy atom. The third-order valence-corrected chi connectivity index (χ3v) is 17.8. The summed E-state index contributed by atoms with van der Waals surface area (Å²) in [6.07, 6.45) is 5.88. The van der Waals surface area contributed by atoms with Crippen LogP contribution in [0.2, 0.25) is 0 Å². The topological polar surface area (TPSA) is 35.9 Å². The maximum absolute atomic E-state index is 6.89. The van der Waals surface area contributed by atoms with E-state index in [1.54, 1.807) is 0 Å². The second-order valence-corrected chi connectivity index (χ2v) is 23.2. The SMILES string of the molecule is CC(C)(C)c1ccnc(-n2c3ccccc3c3ccc(Oc4cccc(-n5[c-][n+]6c7c(cccc75)-c5ccccc5-c5ccccc5-c5cc(-c7ccc8c(c7)C7(c9ccccc9-c9ccccc97)c7ccccc7-8)ccc5-6)c4)cc32)c1. The van der Waals surface area contributed by atoms with Gasteiger partial charge >= 0.3 is 0 Å². The van der Waals surface area contributed by atoms with Crippen LogP contribution in [0.5, 0.6) is 11.5 Å². The van der Waals surface area contributed by atoms with Gasteiger partial charge in [0.05, 0.1) is 38.9 Å². The molecule has 14 aromatic rings. The van der Waals surface area contributed by atoms with Crippen LogP contribution in [0, 0.1) is 6.33 Å². The van der Waals surface area contributed by atoms with E-state index in [1.165, 1.54) is 77.7 Å². The number of pyridine rings is 1. The molecule has 0 unspecified atom stereocenters. The van der Waals surface area contributed by atoms with Crippen LogP contribution in [-0.4, -0.2) is 14.1 Å². The van der Waals surface area contributed by atoms with E-state index in [0.717, 1.165) is 78.4 Å². The lowest BCUT2D eigenvalue weighted by molar-refractivity contribution is -0.571. The van der Waals surface area contributed by atoms with Crippen molar-refractivity contribution >= 4 is 32.8 Å². The molecule has 0 fully saturated rings. The summed E-state index contributed by atoms with van der Waals surface area (Å²) in [5, 5.41) is 2.32. The molecular formula is C77H52N4O. The first-order chi connectivity index (χ1) is 40.3. The molecule has 11 aromatic carbocycles. The predicted molar refractivity (Wildman–Crippen MR) is 333 cm³/mol. The standard InChI is InChI=1S/C77H52N4O/c1-76(2,3)50-40-41-78-74(44-50)81-71-32-15-11-27-62(71)63-38-36-53(46-73(63)81)82-52-19-16-18-51(45-52)79-47-80-70-39-35-48(42-65(70)57-23-7-5-21-55(57)54-20-4-6-22-56(54)64-28-17-33-72(79)75(64)80)49-34-37-61-60-26-10-14-31-68(60)77(69(61)43-49)66-29-12-8-24-58(66)59-25-9-13-30-67(59)77/h4-46H,1-3H3. The van der Waals surface area contributed by atoms with Crippen molar-refractivity contribution < 1.29 is 9.30 Å². The van der Waals surface area contributed by atoms with Gasteiger partial charge in [0.1, 0.15) is 17.3 Å². The van der Waals surface area contributed by atoms with Gasteiger partial charge in [0, 0.05) is 23.0 Å². The van der Waals surface area contributed by atoms with E-state index in [9.17, 15) is 0 Å². The fourth-order valence-electron chi connectivity index (χ4n) is 14.1. The summed E-state index contributed by atoms with van der Waals surface area (Å²) in [7, 11) is 0. The van der Waals surface area contributed by atoms with Crippen LogP contribution in [0.3, 0.4) is 0 Å². The highest BCUT2D eigenvalue weighted by Crippen LogP contribution is 2.63. The molecule has 17 rings (SSSR count). The molecule has 0 amide bonds. The maximum Gasteiger partial charge on any atom is 0.269 e. The Morgan fingerprint density at radius 2 is 0.963 bits per heavy atom. The van der Waals surface area contributed by atoms with Gasteiger partial charge in [-0.15, -0.1) is 0 Å². The van der Waals surface area contributed by atoms with Crippen molar-refractivity contribution in [2.45, 2.75) is 31.6 Å². The number of imidazole rings is 1. The zero-order valence-corrected chi connectivity index (χ0v) is 45.5. The Kier molecular flexibility index (Phi) is 9.83. The summed E-state index contributed by atoms with van der Waals surface area (Å²) < 4.78 is 13.7. The molecule has 5 heteroatoms. The van der Waals surface area contributed by atoms with Crippen molar-refractivity contribution in [1.82, 2.24) is 14.1 Å². The van der Waals surface area contributed by atoms with E-state index in [4.69, 9.17) is 9.72 Å². The van der Waals surface area contributed by atoms with Gasteiger partial charge in [0.15, 0.2) is 0 Å². The summed E-state index contributed by atoms with van der Waals surface area (Å²) in [6.45, 7) is 6.73. The Balaban J connectivity index is 0.821. The first-order valence-electron chi connectivity index (χ1n) is 28.3. The van der Waals surface area contributed by atoms with Gasteiger partial charge in [-0.05, 0) is 167 Å². The summed E-state index contributed by atoms with van der Waals surface area (Å²) in [5.41, 5.74) is 26.8. The molecule has 2 aliphatic carbocycles. The van der Waals surface area contributed by atoms with Crippen LogP contribution in [0.25, 0.3) is 117 Å². The smallest absolute Gasteiger partial charge is 0.269 e. The van der Waals surface area contributed by atoms with Crippen molar-refractivity contribution in [2.75, 3.05) is 0 Å². The van der Waals surface area contributed by atoms with Crippen LogP contribution in [0.1, 0.15) is 48.6 Å². The Hall–Kier alpha value is -10.4. The number of hydrogen-bond donors (Lipinski definition) is 0. The number of nitrogens with zero attached hydrogens (tertiary/aromatic N) is 4. The number of aromatic nitrogens is 4. The third kappa shape index (κ3) is 6.62. The molecule has 82 heavy (non-hydrogen) atoms. The van der Waals surface area contributed by atoms with E-state index in [1.807, 2.05) is 12.3 Å². The van der Waals surface area contributed by atoms with E-state index in [0.29, 0.717) is 0 Å². The summed E-state index contributed by atoms with van der Waals surface area (Å²) in [4.78, 5) is 4.93. The molecule has 3 aliphatic rings. The molecular weight excluding hydrogens is 997 g/mol. The molecule has 0 saturated heterocycles. The fourth-order valence-corrected chi connectivity index (χ4v) is 14.1. The van der Waals surface area contributed by atoms with Crippen molar-refractivity contribution in [1.29, 1.82) is 0 Å². The average molecular weight is 1050 g/mol. The van der Waals surface area contributed by atoms with Gasteiger partial charge < -0.3 is 4.74 Å². The summed E-state index contributed by atoms with van der Waals surface area (Å²) in [5.74, 6) is 2.34. The van der Waals surface area contributed by atoms with Gasteiger partial charge in [-0.3, -0.25) is 13.7 Å². The molecule has 5 nitrogen and oxygen atoms in total. The molecule has 0 bridgehead atoms. The Labute approximate surface area is 475 Å². The van der Waals surface area contributed by atoms with Gasteiger partial charge in [-0.25, -0.2) is 4.98 Å². The fraction of sp³-hybridized carbons (Fsp3) is 0.0649. The lowest BCUT2D eigenvalue weighted by Gasteiger charge is -2.30. The van der Waals surface area contributed by atoms with Crippen LogP contribution < -0.4 is 9.30 Å². The second-order valence-electron chi connectivity index (χ2n) is 23.2. The summed E-state index contributed by atoms with van der Waals surface area (Å²) in [6, 6.07) is 93.5. The number of para-hydroxylation sites is 2. The van der Waals surface area contributed by atoms with Crippen LogP contribution in [0.4, 0.5) is 0 Å². The highest BCUT2D eigenvalue weighted by Gasteiger charge is 2.51. The van der Waals surface area contributed by atoms with Crippen molar-refractivity contribution in [3.05, 3.63) is 295 Å². The molecule has 1 aliphatic heterocycles. The highest BCUT2D eigenvalue weighted by atomic mass is 16.5. The molecule has 4 heterocycles. The average Bonchev–Trinajstić information content (AvgIpc) is 4.39. The first-order valence-corrected chi connectivity index (χ1v) is 28.3. The quantitative estimate of drug-likeness (QED) is 0.127. The molecule has 3 aromatic heterocycles. The van der Waals surface area contributed by atoms with Crippen LogP contribution >= 0.6 is 0 Å². The lowest BCUT2D eigenvalue weighted by atomic mass is 9.70. The predicted octanol–water partition coefficient (Wildman–Crippen LogP) is 18.6. The second kappa shape index (κ2) is 17.3. The van der Waals surface area contributed by atoms with Gasteiger partial charge in [-0.2, -0.15) is 0 Å². The van der Waals surface area contributed by atoms with Gasteiger partial charge in [0.2, 0.25) is 0 Å². The Bertz CT molecular complexity index is 4960. The minimum Gasteiger partial charge on any atom is -0.458 e. The van der Waals surface area contributed by atoms with Crippen LogP contribution in [-0.2, 0) is 10.8 Å². The van der Waals surface area contributed by atoms with Crippen LogP contribution in [0.15, 0.2) is 261 Å². The first kappa shape index (κ1) is 46.5. The van der Waals surface area contributed by atoms with E-state index >= 15 is 0 Å². The van der Waals surface area contributed by atoms with Gasteiger partial charge in [0.25, 0.3) is 6.33 Å². The highest BCUT2D eigenvalue weighted by molar-refractivity contribution is 6.09. The maximum atomic E-state index is 6.89. The van der Waals surface area contributed by atoms with Crippen molar-refractivity contribution in [3.63, 3.8) is 0 Å². The minimum absolute atomic E-state index is 0.0306. The molecule has 1 spiro atoms. The lowest BCUT2D eigenvalue weighted by Crippen LogP contribution is -2.31. The molecule has 386 valence electrons. The largest absolute Gasteiger partial charge is 0.458 e. The monoisotopic (exact) mass is 1050 g/mol. The Morgan fingerprint density at radius 1 is 0.415 bits per heavy atom. The number of rotatable bonds is 5. The zero-order chi connectivity index (χ0) is 54.4. The minimum atomic E-state index is -0.440. The van der Waals surface area contributed by atoms with Crippen molar-refractivity contribution in [2.24, 2.45) is 0 Å². The third-order valence-electron chi connectivity index (χ3n) is 17.8. The van der Waals surface area contributed by atoms with E-state index in [2.05, 4.69) is 290 Å². The van der Waals surface area contributed by atoms with E-state index < -0.39 is 5.41 Å². The molecule has 0 saturated carbocycles. The number of hydrogen-bond acceptors (Lipinski definition) is 2.